The molecule has 13 heavy (non-hydrogen) atoms. The van der Waals surface area contributed by atoms with Crippen molar-refractivity contribution < 1.29 is 8.42 Å². The predicted molar refractivity (Wildman–Crippen MR) is 56.3 cm³/mol. The van der Waals surface area contributed by atoms with Crippen molar-refractivity contribution >= 4 is 21.6 Å². The normalized spacial score (nSPS) is 15.3. The lowest BCUT2D eigenvalue weighted by Crippen LogP contribution is -2.36. The lowest BCUT2D eigenvalue weighted by atomic mass is 10.1. The highest BCUT2D eigenvalue weighted by Crippen LogP contribution is 2.13. The molecule has 0 bridgehead atoms. The zero-order valence-corrected chi connectivity index (χ0v) is 10.2. The van der Waals surface area contributed by atoms with E-state index in [-0.39, 0.29) is 11.3 Å². The van der Waals surface area contributed by atoms with Gasteiger partial charge in [-0.1, -0.05) is 13.8 Å². The van der Waals surface area contributed by atoms with E-state index in [9.17, 15) is 8.42 Å². The van der Waals surface area contributed by atoms with Gasteiger partial charge in [-0.25, -0.2) is 12.7 Å². The number of rotatable bonds is 5. The van der Waals surface area contributed by atoms with Crippen LogP contribution in [0.5, 0.6) is 0 Å². The summed E-state index contributed by atoms with van der Waals surface area (Å²) in [5.41, 5.74) is 0. The first kappa shape index (κ1) is 13.2. The topological polar surface area (TPSA) is 37.4 Å². The van der Waals surface area contributed by atoms with Crippen LogP contribution >= 0.6 is 11.6 Å². The molecular weight excluding hydrogens is 210 g/mol. The number of sulfonamides is 1. The minimum Gasteiger partial charge on any atom is -0.211 e. The van der Waals surface area contributed by atoms with Gasteiger partial charge in [0.05, 0.1) is 0 Å². The first-order valence-corrected chi connectivity index (χ1v) is 6.47. The molecule has 0 aliphatic rings. The molecule has 0 aliphatic heterocycles. The van der Waals surface area contributed by atoms with Crippen molar-refractivity contribution in [1.82, 2.24) is 4.31 Å². The van der Waals surface area contributed by atoms with E-state index < -0.39 is 10.0 Å². The van der Waals surface area contributed by atoms with E-state index in [0.717, 1.165) is 6.42 Å². The molecular formula is C8H18ClNO2S. The molecule has 0 N–H and O–H groups in total. The number of hydrogen-bond donors (Lipinski definition) is 0. The summed E-state index contributed by atoms with van der Waals surface area (Å²) in [6, 6.07) is 0.0174. The Morgan fingerprint density at radius 2 is 1.77 bits per heavy atom. The lowest BCUT2D eigenvalue weighted by Gasteiger charge is -2.24. The zero-order chi connectivity index (χ0) is 10.6. The highest BCUT2D eigenvalue weighted by Gasteiger charge is 2.22. The molecule has 80 valence electrons. The minimum atomic E-state index is -3.24. The first-order chi connectivity index (χ1) is 5.81. The quantitative estimate of drug-likeness (QED) is 0.673. The maximum Gasteiger partial charge on any atom is 0.228 e. The van der Waals surface area contributed by atoms with Crippen molar-refractivity contribution in [2.24, 2.45) is 5.92 Å². The molecule has 0 rings (SSSR count). The van der Waals surface area contributed by atoms with Gasteiger partial charge in [-0.05, 0) is 19.3 Å². The van der Waals surface area contributed by atoms with Crippen LogP contribution in [0.25, 0.3) is 0 Å². The van der Waals surface area contributed by atoms with Gasteiger partial charge in [-0.15, -0.1) is 11.6 Å². The molecule has 1 unspecified atom stereocenters. The van der Waals surface area contributed by atoms with Crippen LogP contribution in [0.1, 0.15) is 27.2 Å². The third-order valence-corrected chi connectivity index (χ3v) is 4.35. The molecule has 5 heteroatoms. The molecule has 0 amide bonds. The number of nitrogens with zero attached hydrogens (tertiary/aromatic N) is 1. The van der Waals surface area contributed by atoms with Crippen LogP contribution in [0, 0.1) is 5.92 Å². The van der Waals surface area contributed by atoms with Gasteiger partial charge in [0, 0.05) is 13.1 Å². The van der Waals surface area contributed by atoms with Crippen LogP contribution in [0.15, 0.2) is 0 Å². The summed E-state index contributed by atoms with van der Waals surface area (Å²) in [5.74, 6) is 0.489. The fourth-order valence-electron chi connectivity index (χ4n) is 1.18. The van der Waals surface area contributed by atoms with E-state index in [1.165, 1.54) is 4.31 Å². The summed E-state index contributed by atoms with van der Waals surface area (Å²) in [5, 5.41) is -0.341. The zero-order valence-electron chi connectivity index (χ0n) is 8.62. The van der Waals surface area contributed by atoms with Gasteiger partial charge >= 0.3 is 0 Å². The van der Waals surface area contributed by atoms with Crippen molar-refractivity contribution in [3.63, 3.8) is 0 Å². The molecule has 0 aromatic carbocycles. The smallest absolute Gasteiger partial charge is 0.211 e. The Balaban J connectivity index is 4.34. The number of halogens is 1. The lowest BCUT2D eigenvalue weighted by molar-refractivity contribution is 0.339. The van der Waals surface area contributed by atoms with Crippen molar-refractivity contribution in [3.8, 4) is 0 Å². The Morgan fingerprint density at radius 1 is 1.31 bits per heavy atom. The predicted octanol–water partition coefficient (Wildman–Crippen LogP) is 1.88. The average molecular weight is 228 g/mol. The first-order valence-electron chi connectivity index (χ1n) is 4.33. The van der Waals surface area contributed by atoms with Crippen LogP contribution in [0.3, 0.4) is 0 Å². The van der Waals surface area contributed by atoms with E-state index in [0.29, 0.717) is 5.92 Å². The highest BCUT2D eigenvalue weighted by molar-refractivity contribution is 7.90. The Morgan fingerprint density at radius 3 is 2.08 bits per heavy atom. The summed E-state index contributed by atoms with van der Waals surface area (Å²) in [6.45, 7) is 6.03. The maximum atomic E-state index is 11.3. The Kier molecular flexibility index (Phi) is 5.25. The third kappa shape index (κ3) is 4.29. The summed E-state index contributed by atoms with van der Waals surface area (Å²) in [6.07, 6.45) is 0.854. The standard InChI is InChI=1S/C8H18ClNO2S/c1-7(2)5-8(3)10(4)13(11,12)6-9/h7-8H,5-6H2,1-4H3. The molecule has 0 heterocycles. The number of alkyl halides is 1. The van der Waals surface area contributed by atoms with Gasteiger partial charge in [0.15, 0.2) is 0 Å². The number of hydrogen-bond acceptors (Lipinski definition) is 2. The molecule has 0 aliphatic carbocycles. The highest BCUT2D eigenvalue weighted by atomic mass is 35.5. The van der Waals surface area contributed by atoms with E-state index >= 15 is 0 Å². The van der Waals surface area contributed by atoms with Crippen molar-refractivity contribution in [1.29, 1.82) is 0 Å². The second kappa shape index (κ2) is 5.17. The van der Waals surface area contributed by atoms with Crippen molar-refractivity contribution in [3.05, 3.63) is 0 Å². The Hall–Kier alpha value is 0.200. The van der Waals surface area contributed by atoms with Crippen LogP contribution < -0.4 is 0 Å². The molecule has 1 atom stereocenters. The monoisotopic (exact) mass is 227 g/mol. The van der Waals surface area contributed by atoms with Gasteiger partial charge in [0.2, 0.25) is 10.0 Å². The van der Waals surface area contributed by atoms with E-state index in [1.807, 2.05) is 6.92 Å². The minimum absolute atomic E-state index is 0.0174. The van der Waals surface area contributed by atoms with Gasteiger partial charge < -0.3 is 0 Å². The fraction of sp³-hybridized carbons (Fsp3) is 1.00. The maximum absolute atomic E-state index is 11.3. The van der Waals surface area contributed by atoms with E-state index in [1.54, 1.807) is 7.05 Å². The summed E-state index contributed by atoms with van der Waals surface area (Å²) >= 11 is 5.34. The van der Waals surface area contributed by atoms with Gasteiger partial charge in [-0.3, -0.25) is 0 Å². The summed E-state index contributed by atoms with van der Waals surface area (Å²) in [4.78, 5) is 0. The molecule has 0 saturated heterocycles. The van der Waals surface area contributed by atoms with Crippen LogP contribution in [0.2, 0.25) is 0 Å². The van der Waals surface area contributed by atoms with E-state index in [4.69, 9.17) is 11.6 Å². The average Bonchev–Trinajstić information content (AvgIpc) is 2.01. The molecule has 3 nitrogen and oxygen atoms in total. The summed E-state index contributed by atoms with van der Waals surface area (Å²) in [7, 11) is -1.67. The van der Waals surface area contributed by atoms with Gasteiger partial charge in [0.25, 0.3) is 0 Å². The van der Waals surface area contributed by atoms with Crippen molar-refractivity contribution in [2.45, 2.75) is 33.2 Å². The summed E-state index contributed by atoms with van der Waals surface area (Å²) < 4.78 is 24.0. The van der Waals surface area contributed by atoms with Crippen LogP contribution in [-0.2, 0) is 10.0 Å². The molecule has 0 spiro atoms. The second-order valence-electron chi connectivity index (χ2n) is 3.72. The van der Waals surface area contributed by atoms with Crippen LogP contribution in [0.4, 0.5) is 0 Å². The fourth-order valence-corrected chi connectivity index (χ4v) is 2.43. The largest absolute Gasteiger partial charge is 0.228 e. The third-order valence-electron chi connectivity index (χ3n) is 2.01. The molecule has 0 saturated carbocycles. The van der Waals surface area contributed by atoms with Crippen LogP contribution in [-0.4, -0.2) is 31.0 Å². The van der Waals surface area contributed by atoms with Crippen molar-refractivity contribution in [2.75, 3.05) is 12.3 Å². The van der Waals surface area contributed by atoms with Gasteiger partial charge in [0.1, 0.15) is 5.21 Å². The molecule has 0 fully saturated rings. The Labute approximate surface area is 86.1 Å². The molecule has 0 aromatic rings. The second-order valence-corrected chi connectivity index (χ2v) is 6.33. The molecule has 0 radical (unpaired) electrons. The SMILES string of the molecule is CC(C)CC(C)N(C)S(=O)(=O)CCl. The van der Waals surface area contributed by atoms with E-state index in [2.05, 4.69) is 13.8 Å². The van der Waals surface area contributed by atoms with Gasteiger partial charge in [-0.2, -0.15) is 0 Å². The Bertz CT molecular complexity index is 239. The molecule has 0 aromatic heterocycles.